The summed E-state index contributed by atoms with van der Waals surface area (Å²) in [5, 5.41) is 3.49. The van der Waals surface area contributed by atoms with Crippen molar-refractivity contribution in [3.05, 3.63) is 0 Å². The van der Waals surface area contributed by atoms with Crippen LogP contribution in [0.1, 0.15) is 39.5 Å². The molecule has 0 radical (unpaired) electrons. The fraction of sp³-hybridized carbons (Fsp3) is 0.938. The molecule has 1 N–H and O–H groups in total. The molecular formula is C16H30ClN3O. The monoisotopic (exact) mass is 315 g/mol. The van der Waals surface area contributed by atoms with E-state index in [1.54, 1.807) is 0 Å². The van der Waals surface area contributed by atoms with Gasteiger partial charge < -0.3 is 10.2 Å². The van der Waals surface area contributed by atoms with Gasteiger partial charge in [-0.3, -0.25) is 9.69 Å². The zero-order valence-electron chi connectivity index (χ0n) is 13.4. The fourth-order valence-corrected chi connectivity index (χ4v) is 4.44. The molecule has 3 saturated heterocycles. The number of likely N-dealkylation sites (tertiary alicyclic amines) is 2. The standard InChI is InChI=1S/C16H29N3O.ClH/c1-12-4-3-5-13(2)19(12)16(20)11-18-7-6-14-8-17-9-15(14)10-18;/h12-15,17H,3-11H2,1-2H3;1H. The van der Waals surface area contributed by atoms with Crippen LogP contribution in [0.2, 0.25) is 0 Å². The van der Waals surface area contributed by atoms with Crippen molar-refractivity contribution in [2.45, 2.75) is 51.6 Å². The average Bonchev–Trinajstić information content (AvgIpc) is 2.85. The molecule has 3 aliphatic heterocycles. The molecule has 1 amide bonds. The van der Waals surface area contributed by atoms with Crippen LogP contribution < -0.4 is 5.32 Å². The highest BCUT2D eigenvalue weighted by atomic mass is 35.5. The summed E-state index contributed by atoms with van der Waals surface area (Å²) in [5.74, 6) is 1.98. The van der Waals surface area contributed by atoms with E-state index in [1.807, 2.05) is 0 Å². The third kappa shape index (κ3) is 3.72. The van der Waals surface area contributed by atoms with E-state index in [4.69, 9.17) is 0 Å². The predicted molar refractivity (Wildman–Crippen MR) is 87.8 cm³/mol. The third-order valence-corrected chi connectivity index (χ3v) is 5.63. The predicted octanol–water partition coefficient (Wildman–Crippen LogP) is 1.74. The van der Waals surface area contributed by atoms with Gasteiger partial charge in [-0.15, -0.1) is 12.4 Å². The number of nitrogens with zero attached hydrogens (tertiary/aromatic N) is 2. The lowest BCUT2D eigenvalue weighted by Gasteiger charge is -2.41. The van der Waals surface area contributed by atoms with Gasteiger partial charge in [0.25, 0.3) is 0 Å². The zero-order valence-corrected chi connectivity index (χ0v) is 14.2. The molecule has 3 rings (SSSR count). The lowest BCUT2D eigenvalue weighted by atomic mass is 9.88. The second-order valence-corrected chi connectivity index (χ2v) is 7.13. The smallest absolute Gasteiger partial charge is 0.237 e. The Bertz CT molecular complexity index is 355. The molecule has 3 fully saturated rings. The Balaban J connectivity index is 0.00000161. The topological polar surface area (TPSA) is 35.6 Å². The van der Waals surface area contributed by atoms with Crippen molar-refractivity contribution in [3.8, 4) is 0 Å². The molecule has 122 valence electrons. The number of fused-ring (bicyclic) bond motifs is 1. The van der Waals surface area contributed by atoms with Gasteiger partial charge in [0.15, 0.2) is 0 Å². The second-order valence-electron chi connectivity index (χ2n) is 7.13. The lowest BCUT2D eigenvalue weighted by molar-refractivity contribution is -0.139. The van der Waals surface area contributed by atoms with Gasteiger partial charge in [0, 0.05) is 18.6 Å². The van der Waals surface area contributed by atoms with Crippen molar-refractivity contribution in [2.75, 3.05) is 32.7 Å². The Morgan fingerprint density at radius 1 is 1.10 bits per heavy atom. The van der Waals surface area contributed by atoms with Crippen molar-refractivity contribution in [1.82, 2.24) is 15.1 Å². The summed E-state index contributed by atoms with van der Waals surface area (Å²) < 4.78 is 0. The molecule has 4 unspecified atom stereocenters. The maximum atomic E-state index is 12.6. The number of hydrogen-bond donors (Lipinski definition) is 1. The quantitative estimate of drug-likeness (QED) is 0.843. The molecule has 0 bridgehead atoms. The second kappa shape index (κ2) is 7.30. The van der Waals surface area contributed by atoms with Crippen LogP contribution in [0.5, 0.6) is 0 Å². The number of carbonyl (C=O) groups excluding carboxylic acids is 1. The summed E-state index contributed by atoms with van der Waals surface area (Å²) in [7, 11) is 0. The highest BCUT2D eigenvalue weighted by Gasteiger charge is 2.35. The molecule has 0 saturated carbocycles. The van der Waals surface area contributed by atoms with Crippen LogP contribution >= 0.6 is 12.4 Å². The first-order valence-corrected chi connectivity index (χ1v) is 8.39. The van der Waals surface area contributed by atoms with Gasteiger partial charge in [0.05, 0.1) is 6.54 Å². The van der Waals surface area contributed by atoms with Crippen molar-refractivity contribution < 1.29 is 4.79 Å². The summed E-state index contributed by atoms with van der Waals surface area (Å²) in [5.41, 5.74) is 0. The van der Waals surface area contributed by atoms with Gasteiger partial charge in [-0.25, -0.2) is 0 Å². The van der Waals surface area contributed by atoms with E-state index < -0.39 is 0 Å². The number of rotatable bonds is 2. The Labute approximate surface area is 135 Å². The molecule has 0 spiro atoms. The molecule has 0 aliphatic carbocycles. The van der Waals surface area contributed by atoms with Gasteiger partial charge in [-0.05, 0) is 71.0 Å². The summed E-state index contributed by atoms with van der Waals surface area (Å²) in [6, 6.07) is 0.855. The average molecular weight is 316 g/mol. The molecule has 0 aromatic rings. The molecule has 3 aliphatic rings. The molecule has 4 nitrogen and oxygen atoms in total. The van der Waals surface area contributed by atoms with Crippen LogP contribution in [0.4, 0.5) is 0 Å². The van der Waals surface area contributed by atoms with Gasteiger partial charge in [-0.2, -0.15) is 0 Å². The Hall–Kier alpha value is -0.320. The van der Waals surface area contributed by atoms with Crippen LogP contribution in [-0.4, -0.2) is 60.5 Å². The molecule has 21 heavy (non-hydrogen) atoms. The molecule has 4 atom stereocenters. The lowest BCUT2D eigenvalue weighted by Crippen LogP contribution is -2.52. The van der Waals surface area contributed by atoms with E-state index in [-0.39, 0.29) is 12.4 Å². The van der Waals surface area contributed by atoms with Crippen molar-refractivity contribution in [3.63, 3.8) is 0 Å². The number of amides is 1. The van der Waals surface area contributed by atoms with E-state index in [9.17, 15) is 4.79 Å². The van der Waals surface area contributed by atoms with E-state index in [0.29, 0.717) is 24.5 Å². The maximum absolute atomic E-state index is 12.6. The number of hydrogen-bond acceptors (Lipinski definition) is 3. The summed E-state index contributed by atoms with van der Waals surface area (Å²) in [6.45, 7) is 9.60. The van der Waals surface area contributed by atoms with Crippen molar-refractivity contribution >= 4 is 18.3 Å². The SMILES string of the molecule is CC1CCCC(C)N1C(=O)CN1CCC2CNCC2C1.Cl. The van der Waals surface area contributed by atoms with E-state index in [0.717, 1.165) is 31.5 Å². The summed E-state index contributed by atoms with van der Waals surface area (Å²) in [4.78, 5) is 17.2. The zero-order chi connectivity index (χ0) is 14.1. The molecule has 3 heterocycles. The molecular weight excluding hydrogens is 286 g/mol. The van der Waals surface area contributed by atoms with E-state index in [2.05, 4.69) is 29.0 Å². The largest absolute Gasteiger partial charge is 0.336 e. The minimum absolute atomic E-state index is 0. The minimum Gasteiger partial charge on any atom is -0.336 e. The van der Waals surface area contributed by atoms with Gasteiger partial charge in [0.2, 0.25) is 5.91 Å². The highest BCUT2D eigenvalue weighted by molar-refractivity contribution is 5.85. The number of nitrogens with one attached hydrogen (secondary N) is 1. The summed E-state index contributed by atoms with van der Waals surface area (Å²) in [6.07, 6.45) is 4.87. The van der Waals surface area contributed by atoms with Crippen molar-refractivity contribution in [1.29, 1.82) is 0 Å². The van der Waals surface area contributed by atoms with Gasteiger partial charge >= 0.3 is 0 Å². The van der Waals surface area contributed by atoms with Crippen LogP contribution in [0.3, 0.4) is 0 Å². The van der Waals surface area contributed by atoms with E-state index >= 15 is 0 Å². The molecule has 0 aromatic heterocycles. The molecule has 5 heteroatoms. The van der Waals surface area contributed by atoms with Crippen molar-refractivity contribution in [2.24, 2.45) is 11.8 Å². The number of piperidine rings is 2. The minimum atomic E-state index is 0. The van der Waals surface area contributed by atoms with Crippen LogP contribution in [0, 0.1) is 11.8 Å². The maximum Gasteiger partial charge on any atom is 0.237 e. The highest BCUT2D eigenvalue weighted by Crippen LogP contribution is 2.27. The third-order valence-electron chi connectivity index (χ3n) is 5.63. The van der Waals surface area contributed by atoms with E-state index in [1.165, 1.54) is 32.2 Å². The Morgan fingerprint density at radius 3 is 2.48 bits per heavy atom. The van der Waals surface area contributed by atoms with Gasteiger partial charge in [-0.1, -0.05) is 0 Å². The first-order chi connectivity index (χ1) is 9.65. The Kier molecular flexibility index (Phi) is 5.92. The van der Waals surface area contributed by atoms with Gasteiger partial charge in [0.1, 0.15) is 0 Å². The Morgan fingerprint density at radius 2 is 1.76 bits per heavy atom. The fourth-order valence-electron chi connectivity index (χ4n) is 4.44. The van der Waals surface area contributed by atoms with Crippen LogP contribution in [-0.2, 0) is 4.79 Å². The number of halogens is 1. The first kappa shape index (κ1) is 17.0. The number of carbonyl (C=O) groups is 1. The van der Waals surface area contributed by atoms with Crippen LogP contribution in [0.15, 0.2) is 0 Å². The van der Waals surface area contributed by atoms with Crippen LogP contribution in [0.25, 0.3) is 0 Å². The molecule has 0 aromatic carbocycles. The first-order valence-electron chi connectivity index (χ1n) is 8.39. The normalized spacial score (nSPS) is 37.0. The summed E-state index contributed by atoms with van der Waals surface area (Å²) >= 11 is 0.